The van der Waals surface area contributed by atoms with E-state index in [2.05, 4.69) is 4.98 Å². The van der Waals surface area contributed by atoms with Crippen molar-refractivity contribution in [1.29, 1.82) is 0 Å². The highest BCUT2D eigenvalue weighted by Crippen LogP contribution is 2.26. The van der Waals surface area contributed by atoms with Crippen molar-refractivity contribution in [1.82, 2.24) is 9.38 Å². The Kier molecular flexibility index (Phi) is 3.23. The fraction of sp³-hybridized carbons (Fsp3) is 0. The highest BCUT2D eigenvalue weighted by Gasteiger charge is 2.14. The number of hydrogen-bond donors (Lipinski definition) is 1. The van der Waals surface area contributed by atoms with E-state index in [0.29, 0.717) is 11.4 Å². The van der Waals surface area contributed by atoms with Crippen molar-refractivity contribution in [2.75, 3.05) is 0 Å². The van der Waals surface area contributed by atoms with Crippen LogP contribution in [0.2, 0.25) is 0 Å². The summed E-state index contributed by atoms with van der Waals surface area (Å²) in [6, 6.07) is 12.1. The first-order valence-electron chi connectivity index (χ1n) is 6.30. The molecular weight excluding hydrogens is 271 g/mol. The summed E-state index contributed by atoms with van der Waals surface area (Å²) in [6.45, 7) is 0. The number of aromatic nitrogens is 2. The molecule has 0 atom stereocenters. The Balaban J connectivity index is 2.30. The number of carbonyl (C=O) groups is 1. The summed E-state index contributed by atoms with van der Waals surface area (Å²) in [7, 11) is 0. The van der Waals surface area contributed by atoms with Gasteiger partial charge < -0.3 is 5.11 Å². The number of hydrogen-bond acceptors (Lipinski definition) is 2. The average molecular weight is 282 g/mol. The smallest absolute Gasteiger partial charge is 0.328 e. The maximum Gasteiger partial charge on any atom is 0.328 e. The van der Waals surface area contributed by atoms with Gasteiger partial charge in [0.2, 0.25) is 0 Å². The molecular formula is C16H11FN2O2. The van der Waals surface area contributed by atoms with Crippen LogP contribution in [0.5, 0.6) is 0 Å². The normalized spacial score (nSPS) is 11.3. The lowest BCUT2D eigenvalue weighted by Crippen LogP contribution is -1.92. The molecule has 0 amide bonds. The second-order valence-corrected chi connectivity index (χ2v) is 4.43. The minimum Gasteiger partial charge on any atom is -0.478 e. The molecule has 3 rings (SSSR count). The van der Waals surface area contributed by atoms with Gasteiger partial charge in [-0.15, -0.1) is 0 Å². The van der Waals surface area contributed by atoms with Crippen LogP contribution in [0.4, 0.5) is 4.39 Å². The van der Waals surface area contributed by atoms with Crippen LogP contribution in [0.15, 0.2) is 54.7 Å². The van der Waals surface area contributed by atoms with Gasteiger partial charge in [-0.05, 0) is 18.2 Å². The highest BCUT2D eigenvalue weighted by atomic mass is 19.1. The number of benzene rings is 1. The van der Waals surface area contributed by atoms with E-state index in [9.17, 15) is 9.18 Å². The topological polar surface area (TPSA) is 54.6 Å². The van der Waals surface area contributed by atoms with Gasteiger partial charge in [0.05, 0.1) is 11.4 Å². The van der Waals surface area contributed by atoms with Gasteiger partial charge in [0, 0.05) is 17.8 Å². The maximum atomic E-state index is 13.9. The van der Waals surface area contributed by atoms with Gasteiger partial charge in [0.25, 0.3) is 0 Å². The molecule has 0 fully saturated rings. The van der Waals surface area contributed by atoms with E-state index >= 15 is 0 Å². The Morgan fingerprint density at radius 2 is 1.95 bits per heavy atom. The quantitative estimate of drug-likeness (QED) is 0.750. The van der Waals surface area contributed by atoms with Crippen molar-refractivity contribution in [3.63, 3.8) is 0 Å². The lowest BCUT2D eigenvalue weighted by Gasteiger charge is -2.00. The van der Waals surface area contributed by atoms with Crippen molar-refractivity contribution in [2.24, 2.45) is 0 Å². The predicted octanol–water partition coefficient (Wildman–Crippen LogP) is 3.24. The van der Waals surface area contributed by atoms with Crippen LogP contribution in [0.25, 0.3) is 23.0 Å². The molecule has 0 saturated heterocycles. The van der Waals surface area contributed by atoms with Gasteiger partial charge in [0.15, 0.2) is 11.5 Å². The molecule has 1 N–H and O–H groups in total. The Hall–Kier alpha value is -2.95. The minimum absolute atomic E-state index is 0.168. The largest absolute Gasteiger partial charge is 0.478 e. The van der Waals surface area contributed by atoms with Gasteiger partial charge in [-0.2, -0.15) is 0 Å². The number of imidazole rings is 1. The maximum absolute atomic E-state index is 13.9. The van der Waals surface area contributed by atoms with Crippen molar-refractivity contribution in [3.05, 3.63) is 66.2 Å². The fourth-order valence-corrected chi connectivity index (χ4v) is 2.17. The van der Waals surface area contributed by atoms with Crippen LogP contribution in [-0.2, 0) is 4.79 Å². The van der Waals surface area contributed by atoms with Crippen LogP contribution in [0.1, 0.15) is 5.69 Å². The summed E-state index contributed by atoms with van der Waals surface area (Å²) in [5, 5.41) is 8.81. The van der Waals surface area contributed by atoms with E-state index in [-0.39, 0.29) is 5.65 Å². The van der Waals surface area contributed by atoms with Gasteiger partial charge >= 0.3 is 5.97 Å². The molecule has 0 bridgehead atoms. The van der Waals surface area contributed by atoms with Crippen LogP contribution in [-0.4, -0.2) is 20.5 Å². The fourth-order valence-electron chi connectivity index (χ4n) is 2.17. The third-order valence-electron chi connectivity index (χ3n) is 3.07. The third-order valence-corrected chi connectivity index (χ3v) is 3.07. The standard InChI is InChI=1S/C16H11FN2O2/c17-12-7-4-10-19-13(8-9-14(20)21)15(18-16(12)19)11-5-2-1-3-6-11/h1-10H,(H,20,21)/b9-8+. The Bertz CT molecular complexity index is 838. The number of pyridine rings is 1. The van der Waals surface area contributed by atoms with Crippen LogP contribution in [0.3, 0.4) is 0 Å². The van der Waals surface area contributed by atoms with Gasteiger partial charge in [-0.1, -0.05) is 30.3 Å². The summed E-state index contributed by atoms with van der Waals surface area (Å²) in [5.41, 5.74) is 2.03. The number of carboxylic acids is 1. The molecule has 0 radical (unpaired) electrons. The predicted molar refractivity (Wildman–Crippen MR) is 77.3 cm³/mol. The van der Waals surface area contributed by atoms with Gasteiger partial charge in [-0.3, -0.25) is 4.40 Å². The second-order valence-electron chi connectivity index (χ2n) is 4.43. The van der Waals surface area contributed by atoms with Crippen LogP contribution >= 0.6 is 0 Å². The summed E-state index contributed by atoms with van der Waals surface area (Å²) in [5.74, 6) is -1.52. The Morgan fingerprint density at radius 1 is 1.19 bits per heavy atom. The van der Waals surface area contributed by atoms with E-state index in [4.69, 9.17) is 5.11 Å². The lowest BCUT2D eigenvalue weighted by atomic mass is 10.1. The zero-order chi connectivity index (χ0) is 14.8. The Labute approximate surface area is 119 Å². The van der Waals surface area contributed by atoms with Gasteiger partial charge in [0.1, 0.15) is 0 Å². The van der Waals surface area contributed by atoms with Crippen molar-refractivity contribution >= 4 is 17.7 Å². The lowest BCUT2D eigenvalue weighted by molar-refractivity contribution is -0.131. The molecule has 0 unspecified atom stereocenters. The number of carboxylic acid groups (broad SMARTS) is 1. The number of halogens is 1. The summed E-state index contributed by atoms with van der Waals surface area (Å²) in [4.78, 5) is 15.1. The van der Waals surface area contributed by atoms with Crippen LogP contribution in [0, 0.1) is 5.82 Å². The first kappa shape index (κ1) is 13.1. The molecule has 3 aromatic rings. The molecule has 0 aliphatic rings. The third kappa shape index (κ3) is 2.41. The van der Waals surface area contributed by atoms with Crippen LogP contribution < -0.4 is 0 Å². The number of fused-ring (bicyclic) bond motifs is 1. The molecule has 4 nitrogen and oxygen atoms in total. The van der Waals surface area contributed by atoms with Crippen molar-refractivity contribution in [2.45, 2.75) is 0 Å². The van der Waals surface area contributed by atoms with Gasteiger partial charge in [-0.25, -0.2) is 14.2 Å². The zero-order valence-corrected chi connectivity index (χ0v) is 10.9. The summed E-state index contributed by atoms with van der Waals surface area (Å²) < 4.78 is 15.4. The number of rotatable bonds is 3. The molecule has 0 aliphatic carbocycles. The number of nitrogens with zero attached hydrogens (tertiary/aromatic N) is 2. The van der Waals surface area contributed by atoms with E-state index in [1.54, 1.807) is 12.3 Å². The molecule has 0 aliphatic heterocycles. The van der Waals surface area contributed by atoms with E-state index in [0.717, 1.165) is 11.6 Å². The second kappa shape index (κ2) is 5.20. The molecule has 0 saturated carbocycles. The molecule has 5 heteroatoms. The molecule has 0 spiro atoms. The first-order valence-corrected chi connectivity index (χ1v) is 6.30. The summed E-state index contributed by atoms with van der Waals surface area (Å²) in [6.07, 6.45) is 4.09. The summed E-state index contributed by atoms with van der Waals surface area (Å²) >= 11 is 0. The van der Waals surface area contributed by atoms with Crippen molar-refractivity contribution < 1.29 is 14.3 Å². The van der Waals surface area contributed by atoms with E-state index in [1.807, 2.05) is 30.3 Å². The highest BCUT2D eigenvalue weighted by molar-refractivity contribution is 5.87. The minimum atomic E-state index is -1.07. The monoisotopic (exact) mass is 282 g/mol. The van der Waals surface area contributed by atoms with E-state index < -0.39 is 11.8 Å². The molecule has 21 heavy (non-hydrogen) atoms. The zero-order valence-electron chi connectivity index (χ0n) is 10.9. The molecule has 1 aromatic carbocycles. The SMILES string of the molecule is O=C(O)/C=C/c1c(-c2ccccc2)nc2c(F)cccn12. The first-order chi connectivity index (χ1) is 10.2. The average Bonchev–Trinajstić information content (AvgIpc) is 2.86. The number of aliphatic carboxylic acids is 1. The molecule has 2 aromatic heterocycles. The Morgan fingerprint density at radius 3 is 2.67 bits per heavy atom. The molecule has 2 heterocycles. The van der Waals surface area contributed by atoms with Crippen molar-refractivity contribution in [3.8, 4) is 11.3 Å². The van der Waals surface area contributed by atoms with E-state index in [1.165, 1.54) is 16.5 Å². The molecule has 104 valence electrons.